The maximum Gasteiger partial charge on any atom is 0.126 e. The van der Waals surface area contributed by atoms with E-state index in [0.29, 0.717) is 22.1 Å². The van der Waals surface area contributed by atoms with Gasteiger partial charge in [0.2, 0.25) is 0 Å². The van der Waals surface area contributed by atoms with Gasteiger partial charge in [0.1, 0.15) is 11.5 Å². The van der Waals surface area contributed by atoms with Crippen LogP contribution >= 0.6 is 11.6 Å². The maximum atomic E-state index is 9.38. The van der Waals surface area contributed by atoms with Crippen molar-refractivity contribution in [3.63, 3.8) is 0 Å². The van der Waals surface area contributed by atoms with Crippen LogP contribution in [-0.4, -0.2) is 14.2 Å². The second kappa shape index (κ2) is 6.83. The standard InChI is InChI=1S/C17H14ClNO2/c1-20-16-7-8-17(21-2)13(10-16)9-14(11-19)12-3-5-15(18)6-4-12/h3-10H,1-2H3/b14-9-. The Morgan fingerprint density at radius 2 is 1.81 bits per heavy atom. The van der Waals surface area contributed by atoms with Crippen molar-refractivity contribution < 1.29 is 9.47 Å². The number of allylic oxidation sites excluding steroid dienone is 1. The molecule has 2 aromatic carbocycles. The SMILES string of the molecule is COc1ccc(OC)c(/C=C(/C#N)c2ccc(Cl)cc2)c1. The number of nitrogens with zero attached hydrogens (tertiary/aromatic N) is 1. The number of rotatable bonds is 4. The van der Waals surface area contributed by atoms with Gasteiger partial charge >= 0.3 is 0 Å². The Balaban J connectivity index is 2.49. The first-order valence-corrected chi connectivity index (χ1v) is 6.65. The van der Waals surface area contributed by atoms with Crippen LogP contribution < -0.4 is 9.47 Å². The molecule has 0 aliphatic rings. The molecule has 0 fully saturated rings. The number of nitriles is 1. The molecule has 0 aliphatic heterocycles. The molecule has 106 valence electrons. The van der Waals surface area contributed by atoms with Crippen molar-refractivity contribution in [3.05, 3.63) is 58.6 Å². The molecule has 21 heavy (non-hydrogen) atoms. The highest BCUT2D eigenvalue weighted by Gasteiger charge is 2.06. The van der Waals surface area contributed by atoms with Gasteiger partial charge in [-0.05, 0) is 42.0 Å². The lowest BCUT2D eigenvalue weighted by Crippen LogP contribution is -1.90. The summed E-state index contributed by atoms with van der Waals surface area (Å²) in [5, 5.41) is 10.0. The van der Waals surface area contributed by atoms with E-state index in [1.54, 1.807) is 32.4 Å². The normalized spacial score (nSPS) is 10.9. The molecule has 0 atom stereocenters. The number of ether oxygens (including phenoxy) is 2. The van der Waals surface area contributed by atoms with Gasteiger partial charge in [-0.15, -0.1) is 0 Å². The Morgan fingerprint density at radius 3 is 2.38 bits per heavy atom. The van der Waals surface area contributed by atoms with Crippen molar-refractivity contribution >= 4 is 23.3 Å². The van der Waals surface area contributed by atoms with Crippen LogP contribution in [0.1, 0.15) is 11.1 Å². The van der Waals surface area contributed by atoms with Gasteiger partial charge in [0.05, 0.1) is 25.9 Å². The lowest BCUT2D eigenvalue weighted by Gasteiger charge is -2.08. The molecule has 2 aromatic rings. The van der Waals surface area contributed by atoms with E-state index in [4.69, 9.17) is 21.1 Å². The zero-order valence-electron chi connectivity index (χ0n) is 11.8. The Morgan fingerprint density at radius 1 is 1.10 bits per heavy atom. The quantitative estimate of drug-likeness (QED) is 0.620. The third kappa shape index (κ3) is 3.56. The van der Waals surface area contributed by atoms with Crippen LogP contribution in [0.25, 0.3) is 11.6 Å². The fraction of sp³-hybridized carbons (Fsp3) is 0.118. The Kier molecular flexibility index (Phi) is 4.86. The summed E-state index contributed by atoms with van der Waals surface area (Å²) < 4.78 is 10.5. The third-order valence-corrected chi connectivity index (χ3v) is 3.26. The number of hydrogen-bond donors (Lipinski definition) is 0. The molecular weight excluding hydrogens is 286 g/mol. The summed E-state index contributed by atoms with van der Waals surface area (Å²) in [6.45, 7) is 0. The Hall–Kier alpha value is -2.44. The molecule has 0 bridgehead atoms. The van der Waals surface area contributed by atoms with Crippen LogP contribution in [-0.2, 0) is 0 Å². The highest BCUT2D eigenvalue weighted by Crippen LogP contribution is 2.28. The van der Waals surface area contributed by atoms with Gasteiger partial charge in [-0.1, -0.05) is 23.7 Å². The van der Waals surface area contributed by atoms with Gasteiger partial charge in [-0.25, -0.2) is 0 Å². The molecule has 0 aromatic heterocycles. The summed E-state index contributed by atoms with van der Waals surface area (Å²) in [6, 6.07) is 14.8. The molecule has 2 rings (SSSR count). The second-order valence-electron chi connectivity index (χ2n) is 4.28. The zero-order chi connectivity index (χ0) is 15.2. The number of hydrogen-bond acceptors (Lipinski definition) is 3. The average molecular weight is 300 g/mol. The van der Waals surface area contributed by atoms with Gasteiger partial charge in [0, 0.05) is 10.6 Å². The van der Waals surface area contributed by atoms with E-state index >= 15 is 0 Å². The van der Waals surface area contributed by atoms with Crippen molar-refractivity contribution in [3.8, 4) is 17.6 Å². The van der Waals surface area contributed by atoms with E-state index in [2.05, 4.69) is 6.07 Å². The molecule has 0 radical (unpaired) electrons. The Labute approximate surface area is 129 Å². The molecule has 0 amide bonds. The number of methoxy groups -OCH3 is 2. The third-order valence-electron chi connectivity index (χ3n) is 3.01. The molecule has 3 nitrogen and oxygen atoms in total. The fourth-order valence-electron chi connectivity index (χ4n) is 1.92. The summed E-state index contributed by atoms with van der Waals surface area (Å²) in [4.78, 5) is 0. The van der Waals surface area contributed by atoms with Crippen LogP contribution in [0, 0.1) is 11.3 Å². The van der Waals surface area contributed by atoms with E-state index < -0.39 is 0 Å². The van der Waals surface area contributed by atoms with Crippen molar-refractivity contribution in [2.24, 2.45) is 0 Å². The summed E-state index contributed by atoms with van der Waals surface area (Å²) in [7, 11) is 3.19. The molecular formula is C17H14ClNO2. The first kappa shape index (κ1) is 15.0. The van der Waals surface area contributed by atoms with Gasteiger partial charge in [-0.3, -0.25) is 0 Å². The first-order chi connectivity index (χ1) is 10.2. The minimum absolute atomic E-state index is 0.526. The zero-order valence-corrected chi connectivity index (χ0v) is 12.5. The highest BCUT2D eigenvalue weighted by atomic mass is 35.5. The van der Waals surface area contributed by atoms with Crippen molar-refractivity contribution in [2.75, 3.05) is 14.2 Å². The molecule has 0 heterocycles. The van der Waals surface area contributed by atoms with Crippen LogP contribution in [0.15, 0.2) is 42.5 Å². The molecule has 0 N–H and O–H groups in total. The monoisotopic (exact) mass is 299 g/mol. The largest absolute Gasteiger partial charge is 0.497 e. The Bertz CT molecular complexity index is 700. The van der Waals surface area contributed by atoms with Crippen LogP contribution in [0.4, 0.5) is 0 Å². The molecule has 0 aliphatic carbocycles. The number of benzene rings is 2. The summed E-state index contributed by atoms with van der Waals surface area (Å²) in [6.07, 6.45) is 1.77. The van der Waals surface area contributed by atoms with Gasteiger partial charge in [-0.2, -0.15) is 5.26 Å². The predicted molar refractivity (Wildman–Crippen MR) is 84.5 cm³/mol. The number of halogens is 1. The lowest BCUT2D eigenvalue weighted by molar-refractivity contribution is 0.402. The van der Waals surface area contributed by atoms with E-state index in [9.17, 15) is 5.26 Å². The van der Waals surface area contributed by atoms with Crippen molar-refractivity contribution in [2.45, 2.75) is 0 Å². The van der Waals surface area contributed by atoms with Crippen LogP contribution in [0.2, 0.25) is 5.02 Å². The molecule has 4 heteroatoms. The maximum absolute atomic E-state index is 9.38. The summed E-state index contributed by atoms with van der Waals surface area (Å²) in [5.41, 5.74) is 2.10. The fourth-order valence-corrected chi connectivity index (χ4v) is 2.04. The molecule has 0 spiro atoms. The van der Waals surface area contributed by atoms with Gasteiger partial charge in [0.25, 0.3) is 0 Å². The van der Waals surface area contributed by atoms with E-state index in [1.165, 1.54) is 0 Å². The van der Waals surface area contributed by atoms with E-state index in [1.807, 2.05) is 30.3 Å². The van der Waals surface area contributed by atoms with Crippen LogP contribution in [0.5, 0.6) is 11.5 Å². The predicted octanol–water partition coefficient (Wildman–Crippen LogP) is 4.42. The van der Waals surface area contributed by atoms with E-state index in [-0.39, 0.29) is 0 Å². The van der Waals surface area contributed by atoms with E-state index in [0.717, 1.165) is 11.1 Å². The minimum atomic E-state index is 0.526. The first-order valence-electron chi connectivity index (χ1n) is 6.27. The van der Waals surface area contributed by atoms with Crippen molar-refractivity contribution in [1.29, 1.82) is 5.26 Å². The second-order valence-corrected chi connectivity index (χ2v) is 4.72. The smallest absolute Gasteiger partial charge is 0.126 e. The molecule has 0 unspecified atom stereocenters. The molecule has 0 saturated heterocycles. The van der Waals surface area contributed by atoms with Gasteiger partial charge < -0.3 is 9.47 Å². The molecule has 0 saturated carbocycles. The minimum Gasteiger partial charge on any atom is -0.497 e. The summed E-state index contributed by atoms with van der Waals surface area (Å²) >= 11 is 5.87. The topological polar surface area (TPSA) is 42.2 Å². The average Bonchev–Trinajstić information content (AvgIpc) is 2.53. The van der Waals surface area contributed by atoms with Crippen molar-refractivity contribution in [1.82, 2.24) is 0 Å². The highest BCUT2D eigenvalue weighted by molar-refractivity contribution is 6.30. The lowest BCUT2D eigenvalue weighted by atomic mass is 10.0. The van der Waals surface area contributed by atoms with Gasteiger partial charge in [0.15, 0.2) is 0 Å². The summed E-state index contributed by atoms with van der Waals surface area (Å²) in [5.74, 6) is 1.38. The van der Waals surface area contributed by atoms with Crippen LogP contribution in [0.3, 0.4) is 0 Å².